The number of methoxy groups -OCH3 is 2. The molecule has 1 heterocycles. The Hall–Kier alpha value is -1.72. The minimum absolute atomic E-state index is 0.0151. The van der Waals surface area contributed by atoms with Gasteiger partial charge in [-0.05, 0) is 0 Å². The maximum absolute atomic E-state index is 10.8. The summed E-state index contributed by atoms with van der Waals surface area (Å²) in [6, 6.07) is 0. The monoisotopic (exact) mass is 200 g/mol. The minimum Gasteiger partial charge on any atom is -0.538 e. The van der Waals surface area contributed by atoms with Crippen molar-refractivity contribution >= 4 is 5.97 Å². The van der Waals surface area contributed by atoms with Gasteiger partial charge < -0.3 is 19.4 Å². The van der Waals surface area contributed by atoms with E-state index in [1.54, 1.807) is 14.1 Å². The molecule has 0 saturated heterocycles. The smallest absolute Gasteiger partial charge is 0.372 e. The molecule has 0 bridgehead atoms. The third-order valence-electron chi connectivity index (χ3n) is 2.00. The van der Waals surface area contributed by atoms with Crippen molar-refractivity contribution < 1.29 is 23.9 Å². The molecule has 0 aliphatic carbocycles. The van der Waals surface area contributed by atoms with Crippen LogP contribution in [0.5, 0.6) is 11.8 Å². The summed E-state index contributed by atoms with van der Waals surface area (Å²) in [5.41, 5.74) is 0. The van der Waals surface area contributed by atoms with Crippen molar-refractivity contribution in [3.63, 3.8) is 0 Å². The molecule has 0 aliphatic heterocycles. The highest BCUT2D eigenvalue weighted by molar-refractivity contribution is 5.80. The number of nitrogens with zero attached hydrogens (tertiary/aromatic N) is 2. The Labute approximate surface area is 81.3 Å². The standard InChI is InChI=1S/C8H12N2O4/c1-9-5(8(11)12)10(2)7(14-4)6(9)13-3/h1-4H3. The van der Waals surface area contributed by atoms with Gasteiger partial charge in [0.05, 0.1) is 28.3 Å². The average molecular weight is 200 g/mol. The van der Waals surface area contributed by atoms with Gasteiger partial charge in [0.2, 0.25) is 0 Å². The summed E-state index contributed by atoms with van der Waals surface area (Å²) in [7, 11) is 6.01. The first-order valence-corrected chi connectivity index (χ1v) is 3.92. The minimum atomic E-state index is -1.28. The second kappa shape index (κ2) is 3.57. The number of aromatic nitrogens is 2. The number of carbonyl (C=O) groups is 1. The van der Waals surface area contributed by atoms with Crippen LogP contribution in [0.2, 0.25) is 0 Å². The molecule has 0 aromatic carbocycles. The molecule has 0 unspecified atom stereocenters. The zero-order valence-corrected chi connectivity index (χ0v) is 8.53. The van der Waals surface area contributed by atoms with Crippen LogP contribution in [0.25, 0.3) is 0 Å². The SMILES string of the molecule is COc1c(OC)[n+](C)c(C(=O)[O-])n1C. The van der Waals surface area contributed by atoms with E-state index in [2.05, 4.69) is 0 Å². The summed E-state index contributed by atoms with van der Waals surface area (Å²) in [5.74, 6) is -0.612. The zero-order valence-electron chi connectivity index (χ0n) is 8.53. The Balaban J connectivity index is 3.46. The molecule has 1 aromatic heterocycles. The molecule has 0 radical (unpaired) electrons. The molecular weight excluding hydrogens is 188 g/mol. The lowest BCUT2D eigenvalue weighted by atomic mass is 10.6. The van der Waals surface area contributed by atoms with Gasteiger partial charge in [-0.25, -0.2) is 0 Å². The van der Waals surface area contributed by atoms with Gasteiger partial charge >= 0.3 is 17.6 Å². The van der Waals surface area contributed by atoms with Crippen LogP contribution >= 0.6 is 0 Å². The van der Waals surface area contributed by atoms with Crippen LogP contribution in [0.4, 0.5) is 0 Å². The molecule has 0 amide bonds. The van der Waals surface area contributed by atoms with Crippen molar-refractivity contribution in [3.05, 3.63) is 5.82 Å². The Morgan fingerprint density at radius 3 is 2.29 bits per heavy atom. The number of rotatable bonds is 3. The van der Waals surface area contributed by atoms with Crippen LogP contribution in [0.1, 0.15) is 10.6 Å². The lowest BCUT2D eigenvalue weighted by molar-refractivity contribution is -0.680. The number of hydrogen-bond acceptors (Lipinski definition) is 4. The number of imidazole rings is 1. The maximum Gasteiger partial charge on any atom is 0.372 e. The van der Waals surface area contributed by atoms with E-state index in [0.717, 1.165) is 0 Å². The Morgan fingerprint density at radius 2 is 2.00 bits per heavy atom. The lowest BCUT2D eigenvalue weighted by Crippen LogP contribution is -2.42. The van der Waals surface area contributed by atoms with E-state index in [9.17, 15) is 9.90 Å². The van der Waals surface area contributed by atoms with Gasteiger partial charge in [0, 0.05) is 0 Å². The number of ether oxygens (including phenoxy) is 2. The van der Waals surface area contributed by atoms with Crippen LogP contribution < -0.4 is 19.1 Å². The number of aromatic carboxylic acids is 1. The summed E-state index contributed by atoms with van der Waals surface area (Å²) in [6.07, 6.45) is 0. The second-order valence-corrected chi connectivity index (χ2v) is 2.75. The number of hydrogen-bond donors (Lipinski definition) is 0. The number of carboxylic acid groups (broad SMARTS) is 1. The van der Waals surface area contributed by atoms with Gasteiger partial charge in [-0.3, -0.25) is 0 Å². The summed E-state index contributed by atoms with van der Waals surface area (Å²) >= 11 is 0. The third kappa shape index (κ3) is 1.28. The normalized spacial score (nSPS) is 10.0. The van der Waals surface area contributed by atoms with Crippen LogP contribution in [0.3, 0.4) is 0 Å². The first-order chi connectivity index (χ1) is 6.54. The first kappa shape index (κ1) is 10.4. The fourth-order valence-corrected chi connectivity index (χ4v) is 1.43. The molecule has 0 aliphatic rings. The van der Waals surface area contributed by atoms with Crippen molar-refractivity contribution in [1.82, 2.24) is 4.57 Å². The molecule has 0 fully saturated rings. The van der Waals surface area contributed by atoms with E-state index < -0.39 is 5.97 Å². The van der Waals surface area contributed by atoms with Crippen molar-refractivity contribution in [3.8, 4) is 11.8 Å². The molecule has 0 atom stereocenters. The highest BCUT2D eigenvalue weighted by Crippen LogP contribution is 2.23. The van der Waals surface area contributed by atoms with E-state index in [1.165, 1.54) is 23.4 Å². The quantitative estimate of drug-likeness (QED) is 0.541. The third-order valence-corrected chi connectivity index (χ3v) is 2.00. The molecule has 78 valence electrons. The summed E-state index contributed by atoms with van der Waals surface area (Å²) in [4.78, 5) is 10.8. The van der Waals surface area contributed by atoms with Crippen molar-refractivity contribution in [1.29, 1.82) is 0 Å². The lowest BCUT2D eigenvalue weighted by Gasteiger charge is -1.97. The molecule has 0 N–H and O–H groups in total. The van der Waals surface area contributed by atoms with E-state index in [4.69, 9.17) is 9.47 Å². The van der Waals surface area contributed by atoms with Crippen molar-refractivity contribution in [2.24, 2.45) is 14.1 Å². The first-order valence-electron chi connectivity index (χ1n) is 3.92. The van der Waals surface area contributed by atoms with Crippen LogP contribution in [-0.2, 0) is 14.1 Å². The topological polar surface area (TPSA) is 67.4 Å². The van der Waals surface area contributed by atoms with Gasteiger partial charge in [0.15, 0.2) is 5.97 Å². The molecule has 1 aromatic rings. The number of carbonyl (C=O) groups excluding carboxylic acids is 1. The van der Waals surface area contributed by atoms with Gasteiger partial charge in [0.1, 0.15) is 0 Å². The molecule has 0 saturated carbocycles. The van der Waals surface area contributed by atoms with Crippen LogP contribution in [0.15, 0.2) is 0 Å². The van der Waals surface area contributed by atoms with Gasteiger partial charge in [0.25, 0.3) is 0 Å². The average Bonchev–Trinajstić information content (AvgIpc) is 2.36. The van der Waals surface area contributed by atoms with Gasteiger partial charge in [-0.1, -0.05) is 0 Å². The van der Waals surface area contributed by atoms with E-state index in [1.807, 2.05) is 0 Å². The van der Waals surface area contributed by atoms with Crippen LogP contribution in [0, 0.1) is 0 Å². The molecular formula is C8H12N2O4. The number of carboxylic acids is 1. The molecule has 1 rings (SSSR count). The molecule has 6 heteroatoms. The van der Waals surface area contributed by atoms with E-state index >= 15 is 0 Å². The Morgan fingerprint density at radius 1 is 1.43 bits per heavy atom. The van der Waals surface area contributed by atoms with E-state index in [0.29, 0.717) is 11.8 Å². The predicted molar refractivity (Wildman–Crippen MR) is 44.0 cm³/mol. The second-order valence-electron chi connectivity index (χ2n) is 2.75. The fourth-order valence-electron chi connectivity index (χ4n) is 1.43. The zero-order chi connectivity index (χ0) is 10.9. The fraction of sp³-hybridized carbons (Fsp3) is 0.500. The van der Waals surface area contributed by atoms with Crippen LogP contribution in [-0.4, -0.2) is 24.8 Å². The van der Waals surface area contributed by atoms with Crippen molar-refractivity contribution in [2.75, 3.05) is 14.2 Å². The Kier molecular flexibility index (Phi) is 2.64. The molecule has 0 spiro atoms. The van der Waals surface area contributed by atoms with E-state index in [-0.39, 0.29) is 5.82 Å². The Bertz CT molecular complexity index is 342. The van der Waals surface area contributed by atoms with Crippen molar-refractivity contribution in [2.45, 2.75) is 0 Å². The summed E-state index contributed by atoms with van der Waals surface area (Å²) in [6.45, 7) is 0. The summed E-state index contributed by atoms with van der Waals surface area (Å²) in [5, 5.41) is 10.8. The highest BCUT2D eigenvalue weighted by atomic mass is 16.5. The maximum atomic E-state index is 10.8. The largest absolute Gasteiger partial charge is 0.538 e. The van der Waals surface area contributed by atoms with Gasteiger partial charge in [-0.15, -0.1) is 0 Å². The molecule has 14 heavy (non-hydrogen) atoms. The summed E-state index contributed by atoms with van der Waals surface area (Å²) < 4.78 is 12.7. The molecule has 6 nitrogen and oxygen atoms in total. The van der Waals surface area contributed by atoms with Gasteiger partial charge in [-0.2, -0.15) is 9.13 Å². The highest BCUT2D eigenvalue weighted by Gasteiger charge is 2.29. The predicted octanol–water partition coefficient (Wildman–Crippen LogP) is -1.77.